The lowest BCUT2D eigenvalue weighted by Gasteiger charge is -2.04. The maximum atomic E-state index is 11.5. The molecule has 0 aromatic carbocycles. The first-order valence-electron chi connectivity index (χ1n) is 7.00. The van der Waals surface area contributed by atoms with Gasteiger partial charge in [0.25, 0.3) is 0 Å². The Kier molecular flexibility index (Phi) is 4.25. The van der Waals surface area contributed by atoms with Gasteiger partial charge in [-0.05, 0) is 29.1 Å². The number of amides is 1. The van der Waals surface area contributed by atoms with Gasteiger partial charge in [-0.1, -0.05) is 13.0 Å². The van der Waals surface area contributed by atoms with Crippen molar-refractivity contribution in [1.82, 2.24) is 9.97 Å². The molecule has 3 rings (SSSR count). The Hall–Kier alpha value is -2.53. The van der Waals surface area contributed by atoms with Gasteiger partial charge < -0.3 is 5.32 Å². The van der Waals surface area contributed by atoms with Crippen molar-refractivity contribution in [2.45, 2.75) is 13.3 Å². The molecule has 0 bridgehead atoms. The van der Waals surface area contributed by atoms with Crippen LogP contribution >= 0.6 is 11.3 Å². The molecule has 4 nitrogen and oxygen atoms in total. The van der Waals surface area contributed by atoms with Gasteiger partial charge in [0, 0.05) is 41.0 Å². The van der Waals surface area contributed by atoms with E-state index in [-0.39, 0.29) is 5.91 Å². The summed E-state index contributed by atoms with van der Waals surface area (Å²) in [4.78, 5) is 20.9. The van der Waals surface area contributed by atoms with Crippen LogP contribution in [-0.4, -0.2) is 15.9 Å². The topological polar surface area (TPSA) is 54.9 Å². The summed E-state index contributed by atoms with van der Waals surface area (Å²) in [6.07, 6.45) is 7.53. The molecule has 5 heteroatoms. The average molecular weight is 309 g/mol. The van der Waals surface area contributed by atoms with Crippen molar-refractivity contribution in [2.75, 3.05) is 5.32 Å². The molecule has 0 unspecified atom stereocenters. The zero-order valence-electron chi connectivity index (χ0n) is 12.1. The number of hydrogen-bond donors (Lipinski definition) is 1. The quantitative estimate of drug-likeness (QED) is 0.785. The summed E-state index contributed by atoms with van der Waals surface area (Å²) in [5.74, 6) is -0.0128. The second-order valence-electron chi connectivity index (χ2n) is 4.81. The van der Waals surface area contributed by atoms with E-state index in [1.54, 1.807) is 29.9 Å². The third-order valence-electron chi connectivity index (χ3n) is 3.22. The predicted molar refractivity (Wildman–Crippen MR) is 89.7 cm³/mol. The van der Waals surface area contributed by atoms with E-state index in [0.29, 0.717) is 6.42 Å². The van der Waals surface area contributed by atoms with Gasteiger partial charge in [0.15, 0.2) is 0 Å². The highest BCUT2D eigenvalue weighted by atomic mass is 32.1. The molecule has 0 fully saturated rings. The molecule has 0 aliphatic heterocycles. The van der Waals surface area contributed by atoms with Gasteiger partial charge in [-0.2, -0.15) is 0 Å². The third kappa shape index (κ3) is 3.20. The van der Waals surface area contributed by atoms with E-state index in [9.17, 15) is 4.79 Å². The molecule has 0 radical (unpaired) electrons. The fourth-order valence-electron chi connectivity index (χ4n) is 2.06. The maximum absolute atomic E-state index is 11.5. The Labute approximate surface area is 132 Å². The lowest BCUT2D eigenvalue weighted by molar-refractivity contribution is -0.115. The highest BCUT2D eigenvalue weighted by Gasteiger charge is 2.07. The number of thiophene rings is 1. The van der Waals surface area contributed by atoms with Crippen LogP contribution in [-0.2, 0) is 4.79 Å². The molecule has 0 spiro atoms. The van der Waals surface area contributed by atoms with Crippen molar-refractivity contribution in [3.8, 4) is 21.6 Å². The molecule has 3 aromatic heterocycles. The van der Waals surface area contributed by atoms with Gasteiger partial charge in [0.05, 0.1) is 11.9 Å². The van der Waals surface area contributed by atoms with Crippen LogP contribution in [0.25, 0.3) is 21.6 Å². The third-order valence-corrected chi connectivity index (χ3v) is 4.20. The lowest BCUT2D eigenvalue weighted by Crippen LogP contribution is -2.09. The van der Waals surface area contributed by atoms with Crippen molar-refractivity contribution < 1.29 is 4.79 Å². The molecular weight excluding hydrogens is 294 g/mol. The SMILES string of the molecule is CCC(=O)Nc1cncc(-c2cc(-c3cccnc3)cs2)c1. The molecule has 1 amide bonds. The van der Waals surface area contributed by atoms with Gasteiger partial charge in [0.2, 0.25) is 5.91 Å². The van der Waals surface area contributed by atoms with Crippen molar-refractivity contribution in [3.05, 3.63) is 54.4 Å². The van der Waals surface area contributed by atoms with Crippen LogP contribution in [0.4, 0.5) is 5.69 Å². The number of carbonyl (C=O) groups excluding carboxylic acids is 1. The van der Waals surface area contributed by atoms with E-state index in [1.807, 2.05) is 31.3 Å². The summed E-state index contributed by atoms with van der Waals surface area (Å²) in [5, 5.41) is 4.93. The Balaban J connectivity index is 1.87. The maximum Gasteiger partial charge on any atom is 0.224 e. The average Bonchev–Trinajstić information content (AvgIpc) is 3.06. The summed E-state index contributed by atoms with van der Waals surface area (Å²) >= 11 is 1.65. The van der Waals surface area contributed by atoms with Gasteiger partial charge in [-0.3, -0.25) is 14.8 Å². The summed E-state index contributed by atoms with van der Waals surface area (Å²) in [6, 6.07) is 8.02. The Bertz CT molecular complexity index is 783. The van der Waals surface area contributed by atoms with E-state index in [2.05, 4.69) is 26.7 Å². The monoisotopic (exact) mass is 309 g/mol. The van der Waals surface area contributed by atoms with Crippen LogP contribution in [0.5, 0.6) is 0 Å². The van der Waals surface area contributed by atoms with Crippen LogP contribution in [0.15, 0.2) is 54.4 Å². The van der Waals surface area contributed by atoms with Crippen molar-refractivity contribution >= 4 is 22.9 Å². The minimum atomic E-state index is -0.0128. The van der Waals surface area contributed by atoms with Crippen molar-refractivity contribution in [3.63, 3.8) is 0 Å². The minimum Gasteiger partial charge on any atom is -0.325 e. The number of nitrogens with one attached hydrogen (secondary N) is 1. The molecule has 1 N–H and O–H groups in total. The summed E-state index contributed by atoms with van der Waals surface area (Å²) in [5.41, 5.74) is 3.94. The van der Waals surface area contributed by atoms with Crippen LogP contribution in [0.1, 0.15) is 13.3 Å². The molecule has 0 saturated carbocycles. The number of carbonyl (C=O) groups is 1. The highest BCUT2D eigenvalue weighted by molar-refractivity contribution is 7.14. The number of aromatic nitrogens is 2. The number of pyridine rings is 2. The molecule has 0 aliphatic rings. The zero-order valence-corrected chi connectivity index (χ0v) is 12.9. The normalized spacial score (nSPS) is 10.4. The molecule has 0 saturated heterocycles. The fraction of sp³-hybridized carbons (Fsp3) is 0.118. The fourth-order valence-corrected chi connectivity index (χ4v) is 2.97. The number of rotatable bonds is 4. The zero-order chi connectivity index (χ0) is 15.4. The van der Waals surface area contributed by atoms with E-state index in [1.165, 1.54) is 0 Å². The van der Waals surface area contributed by atoms with Gasteiger partial charge >= 0.3 is 0 Å². The molecular formula is C17H15N3OS. The first-order valence-corrected chi connectivity index (χ1v) is 7.88. The standard InChI is InChI=1S/C17H15N3OS/c1-2-17(21)20-15-6-13(9-19-10-15)16-7-14(11-22-16)12-4-3-5-18-8-12/h3-11H,2H2,1H3,(H,20,21). The Morgan fingerprint density at radius 3 is 2.77 bits per heavy atom. The first kappa shape index (κ1) is 14.4. The lowest BCUT2D eigenvalue weighted by atomic mass is 10.1. The van der Waals surface area contributed by atoms with Crippen molar-refractivity contribution in [2.24, 2.45) is 0 Å². The van der Waals surface area contributed by atoms with E-state index < -0.39 is 0 Å². The highest BCUT2D eigenvalue weighted by Crippen LogP contribution is 2.32. The number of nitrogens with zero attached hydrogens (tertiary/aromatic N) is 2. The number of anilines is 1. The molecule has 0 aliphatic carbocycles. The second kappa shape index (κ2) is 6.49. The molecule has 3 heterocycles. The van der Waals surface area contributed by atoms with Crippen LogP contribution in [0.2, 0.25) is 0 Å². The first-order chi connectivity index (χ1) is 10.8. The van der Waals surface area contributed by atoms with Gasteiger partial charge in [0.1, 0.15) is 0 Å². The largest absolute Gasteiger partial charge is 0.325 e. The van der Waals surface area contributed by atoms with E-state index >= 15 is 0 Å². The van der Waals surface area contributed by atoms with Crippen LogP contribution < -0.4 is 5.32 Å². The molecule has 0 atom stereocenters. The van der Waals surface area contributed by atoms with Crippen molar-refractivity contribution in [1.29, 1.82) is 0 Å². The molecule has 22 heavy (non-hydrogen) atoms. The molecule has 110 valence electrons. The Morgan fingerprint density at radius 2 is 2.00 bits per heavy atom. The van der Waals surface area contributed by atoms with Crippen LogP contribution in [0.3, 0.4) is 0 Å². The second-order valence-corrected chi connectivity index (χ2v) is 5.72. The molecule has 3 aromatic rings. The summed E-state index contributed by atoms with van der Waals surface area (Å²) in [7, 11) is 0. The Morgan fingerprint density at radius 1 is 1.14 bits per heavy atom. The van der Waals surface area contributed by atoms with Crippen LogP contribution in [0, 0.1) is 0 Å². The van der Waals surface area contributed by atoms with Gasteiger partial charge in [-0.25, -0.2) is 0 Å². The summed E-state index contributed by atoms with van der Waals surface area (Å²) in [6.45, 7) is 1.83. The number of hydrogen-bond acceptors (Lipinski definition) is 4. The van der Waals surface area contributed by atoms with Gasteiger partial charge in [-0.15, -0.1) is 11.3 Å². The smallest absolute Gasteiger partial charge is 0.224 e. The van der Waals surface area contributed by atoms with E-state index in [0.717, 1.165) is 27.3 Å². The summed E-state index contributed by atoms with van der Waals surface area (Å²) < 4.78 is 0. The minimum absolute atomic E-state index is 0.0128. The predicted octanol–water partition coefficient (Wildman–Crippen LogP) is 4.22. The van der Waals surface area contributed by atoms with E-state index in [4.69, 9.17) is 0 Å².